The summed E-state index contributed by atoms with van der Waals surface area (Å²) in [5.74, 6) is 0.308. The lowest BCUT2D eigenvalue weighted by Crippen LogP contribution is -1.96. The van der Waals surface area contributed by atoms with E-state index in [1.165, 1.54) is 19.3 Å². The Morgan fingerprint density at radius 2 is 2.00 bits per heavy atom. The number of nitro groups is 1. The normalized spacial score (nSPS) is 12.1. The Morgan fingerprint density at radius 3 is 2.47 bits per heavy atom. The van der Waals surface area contributed by atoms with Crippen LogP contribution in [0.5, 0.6) is 0 Å². The van der Waals surface area contributed by atoms with Gasteiger partial charge in [-0.3, -0.25) is 10.1 Å². The average Bonchev–Trinajstić information content (AvgIpc) is 2.35. The molecule has 17 heavy (non-hydrogen) atoms. The van der Waals surface area contributed by atoms with Crippen molar-refractivity contribution in [3.05, 3.63) is 52.6 Å². The predicted octanol–water partition coefficient (Wildman–Crippen LogP) is 4.44. The third-order valence-corrected chi connectivity index (χ3v) is 2.94. The Labute approximate surface area is 102 Å². The molecule has 0 aromatic heterocycles. The largest absolute Gasteiger partial charge is 0.269 e. The van der Waals surface area contributed by atoms with Gasteiger partial charge in [-0.2, -0.15) is 0 Å². The van der Waals surface area contributed by atoms with Crippen LogP contribution in [0, 0.1) is 10.1 Å². The molecule has 0 radical (unpaired) electrons. The Kier molecular flexibility index (Phi) is 5.40. The van der Waals surface area contributed by atoms with E-state index in [2.05, 4.69) is 13.5 Å². The summed E-state index contributed by atoms with van der Waals surface area (Å²) in [5.41, 5.74) is 1.26. The van der Waals surface area contributed by atoms with Gasteiger partial charge in [0.05, 0.1) is 4.92 Å². The minimum absolute atomic E-state index is 0.144. The van der Waals surface area contributed by atoms with Crippen LogP contribution in [0.3, 0.4) is 0 Å². The molecule has 1 atom stereocenters. The summed E-state index contributed by atoms with van der Waals surface area (Å²) < 4.78 is 0. The highest BCUT2D eigenvalue weighted by Gasteiger charge is 2.09. The van der Waals surface area contributed by atoms with Gasteiger partial charge >= 0.3 is 0 Å². The van der Waals surface area contributed by atoms with E-state index in [1.54, 1.807) is 12.1 Å². The summed E-state index contributed by atoms with van der Waals surface area (Å²) in [5, 5.41) is 10.5. The Morgan fingerprint density at radius 1 is 1.35 bits per heavy atom. The van der Waals surface area contributed by atoms with E-state index in [4.69, 9.17) is 0 Å². The van der Waals surface area contributed by atoms with E-state index >= 15 is 0 Å². The minimum Gasteiger partial charge on any atom is -0.258 e. The number of nitro benzene ring substituents is 1. The summed E-state index contributed by atoms with van der Waals surface area (Å²) in [6.07, 6.45) is 6.58. The van der Waals surface area contributed by atoms with Crippen molar-refractivity contribution in [3.63, 3.8) is 0 Å². The summed E-state index contributed by atoms with van der Waals surface area (Å²) in [6.45, 7) is 6.02. The fourth-order valence-electron chi connectivity index (χ4n) is 1.88. The lowest BCUT2D eigenvalue weighted by molar-refractivity contribution is -0.384. The molecule has 0 bridgehead atoms. The molecule has 0 N–H and O–H groups in total. The van der Waals surface area contributed by atoms with Crippen molar-refractivity contribution >= 4 is 5.69 Å². The van der Waals surface area contributed by atoms with Crippen LogP contribution in [0.25, 0.3) is 0 Å². The molecule has 0 saturated heterocycles. The highest BCUT2D eigenvalue weighted by atomic mass is 16.6. The summed E-state index contributed by atoms with van der Waals surface area (Å²) >= 11 is 0. The summed E-state index contributed by atoms with van der Waals surface area (Å²) in [4.78, 5) is 10.2. The number of hydrogen-bond acceptors (Lipinski definition) is 2. The van der Waals surface area contributed by atoms with Crippen LogP contribution in [0.15, 0.2) is 36.9 Å². The molecule has 0 spiro atoms. The van der Waals surface area contributed by atoms with Crippen molar-refractivity contribution < 1.29 is 4.92 Å². The van der Waals surface area contributed by atoms with Crippen LogP contribution in [-0.2, 0) is 0 Å². The topological polar surface area (TPSA) is 43.1 Å². The second-order valence-corrected chi connectivity index (χ2v) is 4.19. The molecular weight excluding hydrogens is 214 g/mol. The molecule has 0 amide bonds. The van der Waals surface area contributed by atoms with Gasteiger partial charge in [-0.15, -0.1) is 6.58 Å². The third kappa shape index (κ3) is 4.02. The van der Waals surface area contributed by atoms with Crippen LogP contribution < -0.4 is 0 Å². The predicted molar refractivity (Wildman–Crippen MR) is 70.2 cm³/mol. The maximum atomic E-state index is 10.5. The number of nitrogens with zero attached hydrogens (tertiary/aromatic N) is 1. The summed E-state index contributed by atoms with van der Waals surface area (Å²) in [7, 11) is 0. The van der Waals surface area contributed by atoms with Gasteiger partial charge in [0.1, 0.15) is 0 Å². The van der Waals surface area contributed by atoms with Gasteiger partial charge in [-0.1, -0.05) is 44.4 Å². The third-order valence-electron chi connectivity index (χ3n) is 2.94. The maximum absolute atomic E-state index is 10.5. The fourth-order valence-corrected chi connectivity index (χ4v) is 1.88. The average molecular weight is 233 g/mol. The monoisotopic (exact) mass is 233 g/mol. The zero-order valence-electron chi connectivity index (χ0n) is 10.3. The van der Waals surface area contributed by atoms with Gasteiger partial charge in [-0.25, -0.2) is 0 Å². The van der Waals surface area contributed by atoms with Gasteiger partial charge < -0.3 is 0 Å². The molecule has 3 nitrogen and oxygen atoms in total. The molecule has 1 aromatic carbocycles. The summed E-state index contributed by atoms with van der Waals surface area (Å²) in [6, 6.07) is 6.78. The first-order chi connectivity index (χ1) is 8.19. The molecule has 1 aromatic rings. The molecule has 3 heteroatoms. The molecule has 92 valence electrons. The highest BCUT2D eigenvalue weighted by molar-refractivity contribution is 5.35. The number of rotatable bonds is 7. The molecule has 0 saturated carbocycles. The van der Waals surface area contributed by atoms with E-state index in [-0.39, 0.29) is 10.6 Å². The van der Waals surface area contributed by atoms with Gasteiger partial charge in [0.25, 0.3) is 5.69 Å². The molecule has 0 aliphatic carbocycles. The first kappa shape index (κ1) is 13.4. The van der Waals surface area contributed by atoms with Crippen LogP contribution in [0.4, 0.5) is 5.69 Å². The Balaban J connectivity index is 2.68. The molecule has 1 unspecified atom stereocenters. The second kappa shape index (κ2) is 6.84. The van der Waals surface area contributed by atoms with Crippen LogP contribution in [0.2, 0.25) is 0 Å². The number of non-ortho nitro benzene ring substituents is 1. The van der Waals surface area contributed by atoms with E-state index < -0.39 is 0 Å². The number of allylic oxidation sites excluding steroid dienone is 1. The van der Waals surface area contributed by atoms with Gasteiger partial charge in [0.15, 0.2) is 0 Å². The van der Waals surface area contributed by atoms with Crippen LogP contribution >= 0.6 is 0 Å². The molecular formula is C14H19NO2. The standard InChI is InChI=1S/C14H19NO2/c1-3-5-6-7-12(4-2)13-8-10-14(11-9-13)15(16)17/h4,8-12H,2-3,5-7H2,1H3. The van der Waals surface area contributed by atoms with E-state index in [1.807, 2.05) is 18.2 Å². The van der Waals surface area contributed by atoms with E-state index in [9.17, 15) is 10.1 Å². The zero-order chi connectivity index (χ0) is 12.7. The Bertz CT molecular complexity index is 370. The first-order valence-corrected chi connectivity index (χ1v) is 6.06. The molecule has 0 heterocycles. The second-order valence-electron chi connectivity index (χ2n) is 4.19. The van der Waals surface area contributed by atoms with Gasteiger partial charge in [0.2, 0.25) is 0 Å². The number of benzene rings is 1. The zero-order valence-corrected chi connectivity index (χ0v) is 10.3. The maximum Gasteiger partial charge on any atom is 0.269 e. The first-order valence-electron chi connectivity index (χ1n) is 6.06. The van der Waals surface area contributed by atoms with Crippen molar-refractivity contribution in [3.8, 4) is 0 Å². The van der Waals surface area contributed by atoms with E-state index in [0.717, 1.165) is 12.0 Å². The van der Waals surface area contributed by atoms with Crippen LogP contribution in [0.1, 0.15) is 44.1 Å². The number of hydrogen-bond donors (Lipinski definition) is 0. The van der Waals surface area contributed by atoms with E-state index in [0.29, 0.717) is 5.92 Å². The fraction of sp³-hybridized carbons (Fsp3) is 0.429. The van der Waals surface area contributed by atoms with Crippen molar-refractivity contribution in [1.29, 1.82) is 0 Å². The van der Waals surface area contributed by atoms with Crippen molar-refractivity contribution in [2.45, 2.75) is 38.5 Å². The molecule has 1 rings (SSSR count). The number of unbranched alkanes of at least 4 members (excludes halogenated alkanes) is 2. The quantitative estimate of drug-likeness (QED) is 0.302. The van der Waals surface area contributed by atoms with Crippen LogP contribution in [-0.4, -0.2) is 4.92 Å². The molecule has 0 aliphatic heterocycles. The molecule has 0 fully saturated rings. The van der Waals surface area contributed by atoms with Gasteiger partial charge in [-0.05, 0) is 12.0 Å². The SMILES string of the molecule is C=CC(CCCCC)c1ccc([N+](=O)[O-])cc1. The van der Waals surface area contributed by atoms with Gasteiger partial charge in [0, 0.05) is 18.1 Å². The minimum atomic E-state index is -0.371. The smallest absolute Gasteiger partial charge is 0.258 e. The molecule has 0 aliphatic rings. The lowest BCUT2D eigenvalue weighted by atomic mass is 9.93. The van der Waals surface area contributed by atoms with Crippen molar-refractivity contribution in [1.82, 2.24) is 0 Å². The van der Waals surface area contributed by atoms with Crippen molar-refractivity contribution in [2.24, 2.45) is 0 Å². The highest BCUT2D eigenvalue weighted by Crippen LogP contribution is 2.25. The van der Waals surface area contributed by atoms with Crippen molar-refractivity contribution in [2.75, 3.05) is 0 Å². The Hall–Kier alpha value is -1.64. The lowest BCUT2D eigenvalue weighted by Gasteiger charge is -2.12.